The van der Waals surface area contributed by atoms with E-state index in [9.17, 15) is 8.42 Å². The fourth-order valence-corrected chi connectivity index (χ4v) is 3.32. The van der Waals surface area contributed by atoms with Gasteiger partial charge in [-0.25, -0.2) is 8.42 Å². The average Bonchev–Trinajstić information content (AvgIpc) is 2.28. The lowest BCUT2D eigenvalue weighted by molar-refractivity contribution is 0.290. The van der Waals surface area contributed by atoms with Crippen molar-refractivity contribution in [2.75, 3.05) is 23.8 Å². The van der Waals surface area contributed by atoms with Crippen molar-refractivity contribution < 1.29 is 8.42 Å². The monoisotopic (exact) mass is 292 g/mol. The van der Waals surface area contributed by atoms with Crippen LogP contribution in [0.25, 0.3) is 0 Å². The van der Waals surface area contributed by atoms with Gasteiger partial charge in [0.05, 0.1) is 12.3 Å². The van der Waals surface area contributed by atoms with Crippen LogP contribution in [0.4, 0.5) is 0 Å². The van der Waals surface area contributed by atoms with Crippen LogP contribution in [0.15, 0.2) is 4.99 Å². The SMILES string of the molecule is CCS(=O)(=O)CCN=C1NC(C(C)(C)C)CCS1. The summed E-state index contributed by atoms with van der Waals surface area (Å²) in [5.74, 6) is 1.40. The molecule has 1 unspecified atom stereocenters. The number of nitrogens with zero attached hydrogens (tertiary/aromatic N) is 1. The number of aliphatic imine (C=N–C) groups is 1. The third-order valence-electron chi connectivity index (χ3n) is 3.09. The maximum Gasteiger partial charge on any atom is 0.156 e. The van der Waals surface area contributed by atoms with E-state index in [-0.39, 0.29) is 16.9 Å². The van der Waals surface area contributed by atoms with Crippen LogP contribution in [0.2, 0.25) is 0 Å². The molecule has 1 fully saturated rings. The first-order chi connectivity index (χ1) is 8.24. The van der Waals surface area contributed by atoms with Crippen molar-refractivity contribution in [1.29, 1.82) is 0 Å². The first-order valence-electron chi connectivity index (χ1n) is 6.39. The van der Waals surface area contributed by atoms with Crippen LogP contribution in [0, 0.1) is 5.41 Å². The second-order valence-corrected chi connectivity index (χ2v) is 9.18. The summed E-state index contributed by atoms with van der Waals surface area (Å²) < 4.78 is 22.7. The molecule has 4 nitrogen and oxygen atoms in total. The zero-order valence-electron chi connectivity index (χ0n) is 11.7. The van der Waals surface area contributed by atoms with Crippen molar-refractivity contribution >= 4 is 26.8 Å². The second kappa shape index (κ2) is 6.28. The van der Waals surface area contributed by atoms with Crippen LogP contribution < -0.4 is 5.32 Å². The Bertz CT molecular complexity index is 397. The van der Waals surface area contributed by atoms with E-state index in [2.05, 4.69) is 31.1 Å². The van der Waals surface area contributed by atoms with E-state index in [4.69, 9.17) is 0 Å². The molecule has 1 N–H and O–H groups in total. The van der Waals surface area contributed by atoms with Crippen LogP contribution in [-0.4, -0.2) is 43.4 Å². The predicted molar refractivity (Wildman–Crippen MR) is 80.1 cm³/mol. The molecule has 0 bridgehead atoms. The number of hydrogen-bond donors (Lipinski definition) is 1. The molecule has 0 spiro atoms. The molecule has 0 aliphatic carbocycles. The summed E-state index contributed by atoms with van der Waals surface area (Å²) in [7, 11) is -2.91. The van der Waals surface area contributed by atoms with Gasteiger partial charge in [0.2, 0.25) is 0 Å². The molecule has 106 valence electrons. The van der Waals surface area contributed by atoms with Crippen molar-refractivity contribution in [2.45, 2.75) is 40.2 Å². The fraction of sp³-hybridized carbons (Fsp3) is 0.917. The number of amidine groups is 1. The standard InChI is InChI=1S/C12H24N2O2S2/c1-5-18(15,16)9-7-13-11-14-10(6-8-17-11)12(2,3)4/h10H,5-9H2,1-4H3,(H,13,14). The van der Waals surface area contributed by atoms with E-state index in [1.807, 2.05) is 0 Å². The Kier molecular flexibility index (Phi) is 5.52. The van der Waals surface area contributed by atoms with Crippen LogP contribution >= 0.6 is 11.8 Å². The lowest BCUT2D eigenvalue weighted by atomic mass is 9.85. The molecule has 1 heterocycles. The summed E-state index contributed by atoms with van der Waals surface area (Å²) in [5.41, 5.74) is 0.206. The van der Waals surface area contributed by atoms with Crippen molar-refractivity contribution in [3.8, 4) is 0 Å². The number of rotatable bonds is 4. The number of sulfone groups is 1. The Hall–Kier alpha value is -0.230. The van der Waals surface area contributed by atoms with Gasteiger partial charge in [-0.05, 0) is 11.8 Å². The van der Waals surface area contributed by atoms with Gasteiger partial charge < -0.3 is 5.32 Å². The molecular formula is C12H24N2O2S2. The van der Waals surface area contributed by atoms with Crippen LogP contribution in [0.5, 0.6) is 0 Å². The zero-order chi connectivity index (χ0) is 13.8. The molecule has 1 rings (SSSR count). The number of hydrogen-bond acceptors (Lipinski definition) is 4. The molecule has 18 heavy (non-hydrogen) atoms. The molecule has 6 heteroatoms. The summed E-state index contributed by atoms with van der Waals surface area (Å²) in [4.78, 5) is 4.37. The largest absolute Gasteiger partial charge is 0.362 e. The van der Waals surface area contributed by atoms with Gasteiger partial charge >= 0.3 is 0 Å². The van der Waals surface area contributed by atoms with Gasteiger partial charge in [0, 0.05) is 17.5 Å². The van der Waals surface area contributed by atoms with Crippen molar-refractivity contribution in [3.63, 3.8) is 0 Å². The second-order valence-electron chi connectivity index (χ2n) is 5.62. The molecule has 1 atom stereocenters. The third-order valence-corrected chi connectivity index (χ3v) is 5.73. The quantitative estimate of drug-likeness (QED) is 0.860. The third kappa shape index (κ3) is 5.18. The van der Waals surface area contributed by atoms with Gasteiger partial charge in [-0.2, -0.15) is 0 Å². The highest BCUT2D eigenvalue weighted by Crippen LogP contribution is 2.27. The van der Waals surface area contributed by atoms with E-state index in [1.54, 1.807) is 18.7 Å². The topological polar surface area (TPSA) is 58.5 Å². The van der Waals surface area contributed by atoms with Crippen molar-refractivity contribution in [2.24, 2.45) is 10.4 Å². The van der Waals surface area contributed by atoms with Crippen LogP contribution in [-0.2, 0) is 9.84 Å². The van der Waals surface area contributed by atoms with Gasteiger partial charge in [-0.15, -0.1) is 0 Å². The van der Waals surface area contributed by atoms with Crippen LogP contribution in [0.1, 0.15) is 34.1 Å². The molecule has 0 aromatic heterocycles. The van der Waals surface area contributed by atoms with Crippen LogP contribution in [0.3, 0.4) is 0 Å². The Morgan fingerprint density at radius 1 is 1.44 bits per heavy atom. The maximum absolute atomic E-state index is 11.4. The van der Waals surface area contributed by atoms with Gasteiger partial charge in [0.1, 0.15) is 0 Å². The minimum Gasteiger partial charge on any atom is -0.362 e. The molecular weight excluding hydrogens is 268 g/mol. The van der Waals surface area contributed by atoms with Crippen molar-refractivity contribution in [1.82, 2.24) is 5.32 Å². The lowest BCUT2D eigenvalue weighted by Gasteiger charge is -2.35. The molecule has 0 amide bonds. The smallest absolute Gasteiger partial charge is 0.156 e. The Morgan fingerprint density at radius 3 is 2.67 bits per heavy atom. The van der Waals surface area contributed by atoms with Gasteiger partial charge in [-0.1, -0.05) is 39.5 Å². The Balaban J connectivity index is 2.52. The van der Waals surface area contributed by atoms with Gasteiger partial charge in [0.25, 0.3) is 0 Å². The summed E-state index contributed by atoms with van der Waals surface area (Å²) in [6.07, 6.45) is 1.13. The van der Waals surface area contributed by atoms with Gasteiger partial charge in [-0.3, -0.25) is 4.99 Å². The van der Waals surface area contributed by atoms with Gasteiger partial charge in [0.15, 0.2) is 15.0 Å². The minimum atomic E-state index is -2.91. The molecule has 0 aromatic rings. The normalized spacial score (nSPS) is 24.0. The Morgan fingerprint density at radius 2 is 2.11 bits per heavy atom. The average molecular weight is 292 g/mol. The molecule has 1 aliphatic rings. The van der Waals surface area contributed by atoms with E-state index in [1.165, 1.54) is 0 Å². The summed E-state index contributed by atoms with van der Waals surface area (Å²) in [6.45, 7) is 8.66. The molecule has 0 aromatic carbocycles. The first kappa shape index (κ1) is 15.8. The zero-order valence-corrected chi connectivity index (χ0v) is 13.3. The Labute approximate surface area is 115 Å². The molecule has 1 aliphatic heterocycles. The predicted octanol–water partition coefficient (Wildman–Crippen LogP) is 1.92. The van der Waals surface area contributed by atoms with Crippen molar-refractivity contribution in [3.05, 3.63) is 0 Å². The lowest BCUT2D eigenvalue weighted by Crippen LogP contribution is -2.46. The highest BCUT2D eigenvalue weighted by Gasteiger charge is 2.28. The summed E-state index contributed by atoms with van der Waals surface area (Å²) >= 11 is 1.69. The van der Waals surface area contributed by atoms with E-state index in [0.717, 1.165) is 17.3 Å². The number of nitrogens with one attached hydrogen (secondary N) is 1. The number of thioether (sulfide) groups is 1. The van der Waals surface area contributed by atoms with E-state index in [0.29, 0.717) is 12.6 Å². The fourth-order valence-electron chi connectivity index (χ4n) is 1.71. The highest BCUT2D eigenvalue weighted by atomic mass is 32.2. The van der Waals surface area contributed by atoms with E-state index >= 15 is 0 Å². The summed E-state index contributed by atoms with van der Waals surface area (Å²) in [5, 5.41) is 4.31. The highest BCUT2D eigenvalue weighted by molar-refractivity contribution is 8.13. The minimum absolute atomic E-state index is 0.148. The molecule has 0 saturated carbocycles. The summed E-state index contributed by atoms with van der Waals surface area (Å²) in [6, 6.07) is 0.417. The molecule has 0 radical (unpaired) electrons. The molecule has 1 saturated heterocycles. The first-order valence-corrected chi connectivity index (χ1v) is 9.19. The van der Waals surface area contributed by atoms with E-state index < -0.39 is 9.84 Å². The maximum atomic E-state index is 11.4.